The molecule has 0 radical (unpaired) electrons. The van der Waals surface area contributed by atoms with Gasteiger partial charge in [-0.15, -0.1) is 6.42 Å². The summed E-state index contributed by atoms with van der Waals surface area (Å²) >= 11 is 0. The number of hydrogen-bond acceptors (Lipinski definition) is 4. The number of fused-ring (bicyclic) bond motifs is 1. The molecular weight excluding hydrogens is 258 g/mol. The van der Waals surface area contributed by atoms with Gasteiger partial charge in [-0.25, -0.2) is 0 Å². The number of ketones is 1. The molecule has 0 aromatic heterocycles. The molecule has 2 aliphatic heterocycles. The Labute approximate surface area is 116 Å². The van der Waals surface area contributed by atoms with Crippen LogP contribution in [0.5, 0.6) is 0 Å². The van der Waals surface area contributed by atoms with E-state index in [0.717, 1.165) is 0 Å². The summed E-state index contributed by atoms with van der Waals surface area (Å²) in [6.07, 6.45) is 13.3. The fourth-order valence-electron chi connectivity index (χ4n) is 2.03. The number of aliphatic hydroxyl groups is 1. The molecule has 5 nitrogen and oxygen atoms in total. The topological polar surface area (TPSA) is 66.8 Å². The maximum atomic E-state index is 12.4. The van der Waals surface area contributed by atoms with Crippen LogP contribution in [-0.4, -0.2) is 28.3 Å². The molecule has 102 valence electrons. The lowest BCUT2D eigenvalue weighted by Gasteiger charge is -2.30. The van der Waals surface area contributed by atoms with Crippen molar-refractivity contribution in [3.8, 4) is 12.3 Å². The number of aliphatic hydroxyl groups excluding tert-OH is 1. The van der Waals surface area contributed by atoms with E-state index >= 15 is 0 Å². The van der Waals surface area contributed by atoms with E-state index in [2.05, 4.69) is 0 Å². The van der Waals surface area contributed by atoms with Gasteiger partial charge in [0.15, 0.2) is 0 Å². The van der Waals surface area contributed by atoms with Crippen molar-refractivity contribution in [3.63, 3.8) is 0 Å². The lowest BCUT2D eigenvalue weighted by molar-refractivity contribution is -0.127. The summed E-state index contributed by atoms with van der Waals surface area (Å²) < 4.78 is 4.95. The largest absolute Gasteiger partial charge is 0.481 e. The molecule has 0 aromatic rings. The van der Waals surface area contributed by atoms with Gasteiger partial charge in [-0.05, 0) is 31.1 Å². The van der Waals surface area contributed by atoms with Crippen LogP contribution in [0.1, 0.15) is 6.92 Å². The number of carbonyl (C=O) groups excluding carboxylic acids is 2. The molecule has 1 atom stereocenters. The quantitative estimate of drug-likeness (QED) is 0.365. The SMILES string of the molecule is C#CC(=O)C1C=C2C=CC=CN2C(=O)C1=C(O)OCC. The van der Waals surface area contributed by atoms with E-state index < -0.39 is 23.6 Å². The molecule has 20 heavy (non-hydrogen) atoms. The zero-order valence-electron chi connectivity index (χ0n) is 10.9. The van der Waals surface area contributed by atoms with E-state index in [-0.39, 0.29) is 12.2 Å². The number of amides is 1. The van der Waals surface area contributed by atoms with Gasteiger partial charge in [0, 0.05) is 11.9 Å². The molecule has 0 fully saturated rings. The highest BCUT2D eigenvalue weighted by Crippen LogP contribution is 2.31. The first-order valence-corrected chi connectivity index (χ1v) is 6.06. The van der Waals surface area contributed by atoms with E-state index in [1.807, 2.05) is 5.92 Å². The predicted molar refractivity (Wildman–Crippen MR) is 71.8 cm³/mol. The number of terminal acetylenes is 1. The molecule has 2 aliphatic rings. The minimum absolute atomic E-state index is 0.140. The molecular formula is C15H13NO4. The van der Waals surface area contributed by atoms with E-state index in [9.17, 15) is 14.7 Å². The van der Waals surface area contributed by atoms with Gasteiger partial charge >= 0.3 is 0 Å². The zero-order chi connectivity index (χ0) is 14.7. The first-order valence-electron chi connectivity index (χ1n) is 6.06. The van der Waals surface area contributed by atoms with Gasteiger partial charge in [0.1, 0.15) is 5.57 Å². The molecule has 0 saturated heterocycles. The second-order valence-corrected chi connectivity index (χ2v) is 4.11. The molecule has 2 heterocycles. The van der Waals surface area contributed by atoms with E-state index in [0.29, 0.717) is 5.70 Å². The molecule has 2 rings (SSSR count). The number of Topliss-reactive ketones (excluding diaryl/α,β-unsaturated/α-hetero) is 1. The van der Waals surface area contributed by atoms with Crippen LogP contribution < -0.4 is 0 Å². The van der Waals surface area contributed by atoms with Crippen molar-refractivity contribution in [2.75, 3.05) is 6.61 Å². The van der Waals surface area contributed by atoms with Crippen molar-refractivity contribution in [2.24, 2.45) is 5.92 Å². The smallest absolute Gasteiger partial charge is 0.286 e. The average Bonchev–Trinajstić information content (AvgIpc) is 2.46. The highest BCUT2D eigenvalue weighted by atomic mass is 16.6. The number of allylic oxidation sites excluding steroid dienone is 4. The third-order valence-corrected chi connectivity index (χ3v) is 2.93. The summed E-state index contributed by atoms with van der Waals surface area (Å²) in [7, 11) is 0. The molecule has 0 spiro atoms. The molecule has 1 unspecified atom stereocenters. The van der Waals surface area contributed by atoms with Crippen LogP contribution in [0.3, 0.4) is 0 Å². The van der Waals surface area contributed by atoms with E-state index in [1.54, 1.807) is 31.4 Å². The minimum Gasteiger partial charge on any atom is -0.481 e. The Kier molecular flexibility index (Phi) is 3.76. The van der Waals surface area contributed by atoms with Gasteiger partial charge in [0.25, 0.3) is 11.9 Å². The number of hydrogen-bond donors (Lipinski definition) is 1. The number of ether oxygens (including phenoxy) is 1. The van der Waals surface area contributed by atoms with Crippen molar-refractivity contribution >= 4 is 11.7 Å². The Morgan fingerprint density at radius 3 is 2.95 bits per heavy atom. The molecule has 0 aromatic carbocycles. The average molecular weight is 271 g/mol. The van der Waals surface area contributed by atoms with Gasteiger partial charge < -0.3 is 9.84 Å². The summed E-state index contributed by atoms with van der Waals surface area (Å²) in [6.45, 7) is 1.83. The first kappa shape index (κ1) is 13.7. The van der Waals surface area contributed by atoms with Crippen LogP contribution in [0.15, 0.2) is 47.7 Å². The standard InChI is InChI=1S/C15H13NO4/c1-3-12(17)11-9-10-7-5-6-8-16(10)14(18)13(11)15(19)20-4-2/h1,5-9,11,19H,4H2,2H3. The first-order chi connectivity index (χ1) is 9.60. The Morgan fingerprint density at radius 2 is 2.30 bits per heavy atom. The van der Waals surface area contributed by atoms with Gasteiger partial charge in [-0.2, -0.15) is 0 Å². The summed E-state index contributed by atoms with van der Waals surface area (Å²) in [5.41, 5.74) is 0.401. The van der Waals surface area contributed by atoms with Crippen LogP contribution in [0, 0.1) is 18.3 Å². The van der Waals surface area contributed by atoms with Gasteiger partial charge in [-0.3, -0.25) is 14.5 Å². The summed E-state index contributed by atoms with van der Waals surface area (Å²) in [5, 5.41) is 9.87. The zero-order valence-corrected chi connectivity index (χ0v) is 10.9. The van der Waals surface area contributed by atoms with Crippen LogP contribution in [0.2, 0.25) is 0 Å². The monoisotopic (exact) mass is 271 g/mol. The van der Waals surface area contributed by atoms with E-state index in [4.69, 9.17) is 11.2 Å². The van der Waals surface area contributed by atoms with E-state index in [1.165, 1.54) is 11.0 Å². The molecule has 0 saturated carbocycles. The van der Waals surface area contributed by atoms with Crippen molar-refractivity contribution in [2.45, 2.75) is 6.92 Å². The van der Waals surface area contributed by atoms with Gasteiger partial charge in [-0.1, -0.05) is 6.08 Å². The summed E-state index contributed by atoms with van der Waals surface area (Å²) in [6, 6.07) is 0. The lowest BCUT2D eigenvalue weighted by Crippen LogP contribution is -2.37. The third kappa shape index (κ3) is 2.24. The normalized spacial score (nSPS) is 22.8. The third-order valence-electron chi connectivity index (χ3n) is 2.93. The Morgan fingerprint density at radius 1 is 1.55 bits per heavy atom. The van der Waals surface area contributed by atoms with Crippen LogP contribution in [-0.2, 0) is 14.3 Å². The fraction of sp³-hybridized carbons (Fsp3) is 0.200. The highest BCUT2D eigenvalue weighted by molar-refractivity contribution is 6.09. The maximum Gasteiger partial charge on any atom is 0.286 e. The Bertz CT molecular complexity index is 616. The molecule has 1 N–H and O–H groups in total. The fourth-order valence-corrected chi connectivity index (χ4v) is 2.03. The van der Waals surface area contributed by atoms with Crippen molar-refractivity contribution in [3.05, 3.63) is 47.7 Å². The second kappa shape index (κ2) is 5.49. The van der Waals surface area contributed by atoms with Crippen LogP contribution in [0.25, 0.3) is 0 Å². The molecule has 0 bridgehead atoms. The van der Waals surface area contributed by atoms with Gasteiger partial charge in [0.05, 0.1) is 12.5 Å². The highest BCUT2D eigenvalue weighted by Gasteiger charge is 2.38. The van der Waals surface area contributed by atoms with Crippen molar-refractivity contribution in [1.29, 1.82) is 0 Å². The Hall–Kier alpha value is -2.74. The van der Waals surface area contributed by atoms with Gasteiger partial charge in [0.2, 0.25) is 5.78 Å². The van der Waals surface area contributed by atoms with Crippen molar-refractivity contribution < 1.29 is 19.4 Å². The van der Waals surface area contributed by atoms with Crippen LogP contribution >= 0.6 is 0 Å². The minimum atomic E-state index is -0.999. The lowest BCUT2D eigenvalue weighted by atomic mass is 9.89. The molecule has 0 aliphatic carbocycles. The maximum absolute atomic E-state index is 12.4. The number of nitrogens with zero attached hydrogens (tertiary/aromatic N) is 1. The molecule has 1 amide bonds. The summed E-state index contributed by atoms with van der Waals surface area (Å²) in [5.74, 6) is -0.711. The second-order valence-electron chi connectivity index (χ2n) is 4.11. The number of carbonyl (C=O) groups is 2. The number of rotatable bonds is 3. The van der Waals surface area contributed by atoms with Crippen LogP contribution in [0.4, 0.5) is 0 Å². The predicted octanol–water partition coefficient (Wildman–Crippen LogP) is 1.42. The molecule has 5 heteroatoms. The Balaban J connectivity index is 2.56. The van der Waals surface area contributed by atoms with Crippen molar-refractivity contribution in [1.82, 2.24) is 4.90 Å². The summed E-state index contributed by atoms with van der Waals surface area (Å²) in [4.78, 5) is 25.5.